The molecule has 1 rings (SSSR count). The minimum atomic E-state index is -0.101. The minimum absolute atomic E-state index is 0.0473. The molecule has 1 aromatic heterocycles. The van der Waals surface area contributed by atoms with Crippen molar-refractivity contribution >= 4 is 5.91 Å². The molecule has 0 aromatic carbocycles. The molecule has 1 N–H and O–H groups in total. The van der Waals surface area contributed by atoms with Crippen LogP contribution in [0, 0.1) is 0 Å². The Bertz CT molecular complexity index is 275. The Morgan fingerprint density at radius 2 is 2.50 bits per heavy atom. The van der Waals surface area contributed by atoms with Crippen LogP contribution in [0.3, 0.4) is 0 Å². The van der Waals surface area contributed by atoms with Gasteiger partial charge in [-0.3, -0.25) is 9.78 Å². The number of carbonyl (C=O) groups excluding carboxylic acids is 1. The van der Waals surface area contributed by atoms with Crippen molar-refractivity contribution in [3.8, 4) is 5.75 Å². The van der Waals surface area contributed by atoms with Crippen molar-refractivity contribution < 1.29 is 9.53 Å². The Labute approximate surface area is 83.3 Å². The highest BCUT2D eigenvalue weighted by Crippen LogP contribution is 2.04. The molecule has 0 aliphatic heterocycles. The Morgan fingerprint density at radius 3 is 3.14 bits per heavy atom. The van der Waals surface area contributed by atoms with Crippen molar-refractivity contribution in [3.63, 3.8) is 0 Å². The summed E-state index contributed by atoms with van der Waals surface area (Å²) in [6, 6.07) is 3.53. The fraction of sp³-hybridized carbons (Fsp3) is 0.400. The number of nitrogens with zero attached hydrogens (tertiary/aromatic N) is 1. The third-order valence-corrected chi connectivity index (χ3v) is 1.58. The minimum Gasteiger partial charge on any atom is -0.482 e. The monoisotopic (exact) mass is 194 g/mol. The van der Waals surface area contributed by atoms with Crippen molar-refractivity contribution in [2.24, 2.45) is 0 Å². The average molecular weight is 194 g/mol. The topological polar surface area (TPSA) is 51.2 Å². The maximum absolute atomic E-state index is 11.1. The lowest BCUT2D eigenvalue weighted by Crippen LogP contribution is -2.29. The molecule has 0 unspecified atom stereocenters. The Hall–Kier alpha value is -1.58. The fourth-order valence-corrected chi connectivity index (χ4v) is 0.897. The van der Waals surface area contributed by atoms with Gasteiger partial charge in [-0.25, -0.2) is 0 Å². The number of rotatable bonds is 5. The van der Waals surface area contributed by atoms with Gasteiger partial charge in [0.15, 0.2) is 6.61 Å². The van der Waals surface area contributed by atoms with Crippen LogP contribution in [0.25, 0.3) is 0 Å². The predicted octanol–water partition coefficient (Wildman–Crippen LogP) is 0.987. The van der Waals surface area contributed by atoms with Crippen molar-refractivity contribution in [2.75, 3.05) is 13.2 Å². The van der Waals surface area contributed by atoms with Crippen molar-refractivity contribution in [1.82, 2.24) is 10.3 Å². The molecule has 4 nitrogen and oxygen atoms in total. The van der Waals surface area contributed by atoms with Gasteiger partial charge in [-0.05, 0) is 18.6 Å². The summed E-state index contributed by atoms with van der Waals surface area (Å²) < 4.78 is 5.19. The molecule has 0 aliphatic rings. The lowest BCUT2D eigenvalue weighted by molar-refractivity contribution is -0.123. The first kappa shape index (κ1) is 10.5. The van der Waals surface area contributed by atoms with Crippen molar-refractivity contribution in [3.05, 3.63) is 24.5 Å². The molecule has 1 heterocycles. The molecule has 14 heavy (non-hydrogen) atoms. The highest BCUT2D eigenvalue weighted by atomic mass is 16.5. The molecular formula is C10H14N2O2. The lowest BCUT2D eigenvalue weighted by atomic mass is 10.4. The zero-order valence-electron chi connectivity index (χ0n) is 8.19. The van der Waals surface area contributed by atoms with E-state index in [1.54, 1.807) is 24.5 Å². The summed E-state index contributed by atoms with van der Waals surface area (Å²) in [4.78, 5) is 15.0. The van der Waals surface area contributed by atoms with Crippen LogP contribution >= 0.6 is 0 Å². The van der Waals surface area contributed by atoms with Gasteiger partial charge in [0.2, 0.25) is 0 Å². The quantitative estimate of drug-likeness (QED) is 0.760. The first-order valence-corrected chi connectivity index (χ1v) is 4.62. The van der Waals surface area contributed by atoms with Gasteiger partial charge >= 0.3 is 0 Å². The van der Waals surface area contributed by atoms with E-state index in [0.29, 0.717) is 12.3 Å². The first-order valence-electron chi connectivity index (χ1n) is 4.62. The number of aromatic nitrogens is 1. The van der Waals surface area contributed by atoms with Gasteiger partial charge in [0, 0.05) is 12.7 Å². The van der Waals surface area contributed by atoms with Gasteiger partial charge in [-0.15, -0.1) is 0 Å². The molecule has 0 saturated heterocycles. The number of amides is 1. The number of ether oxygens (including phenoxy) is 1. The van der Waals surface area contributed by atoms with E-state index >= 15 is 0 Å². The number of hydrogen-bond acceptors (Lipinski definition) is 3. The molecule has 0 fully saturated rings. The van der Waals surface area contributed by atoms with Gasteiger partial charge < -0.3 is 10.1 Å². The average Bonchev–Trinajstić information content (AvgIpc) is 2.25. The van der Waals surface area contributed by atoms with E-state index in [-0.39, 0.29) is 12.5 Å². The molecular weight excluding hydrogens is 180 g/mol. The van der Waals surface area contributed by atoms with Crippen molar-refractivity contribution in [1.29, 1.82) is 0 Å². The van der Waals surface area contributed by atoms with E-state index in [2.05, 4.69) is 10.3 Å². The summed E-state index contributed by atoms with van der Waals surface area (Å²) in [5.41, 5.74) is 0. The third-order valence-electron chi connectivity index (χ3n) is 1.58. The van der Waals surface area contributed by atoms with Gasteiger partial charge in [-0.2, -0.15) is 0 Å². The van der Waals surface area contributed by atoms with Crippen LogP contribution in [0.15, 0.2) is 24.5 Å². The fourth-order valence-electron chi connectivity index (χ4n) is 0.897. The molecule has 76 valence electrons. The van der Waals surface area contributed by atoms with Crippen LogP contribution < -0.4 is 10.1 Å². The molecule has 1 aromatic rings. The van der Waals surface area contributed by atoms with Crippen LogP contribution in [-0.2, 0) is 4.79 Å². The zero-order valence-corrected chi connectivity index (χ0v) is 8.19. The summed E-state index contributed by atoms with van der Waals surface area (Å²) in [6.07, 6.45) is 4.16. The van der Waals surface area contributed by atoms with Gasteiger partial charge in [0.1, 0.15) is 5.75 Å². The SMILES string of the molecule is CCCNC(=O)COc1cccnc1. The molecule has 1 amide bonds. The van der Waals surface area contributed by atoms with E-state index in [0.717, 1.165) is 6.42 Å². The highest BCUT2D eigenvalue weighted by molar-refractivity contribution is 5.77. The van der Waals surface area contributed by atoms with Crippen molar-refractivity contribution in [2.45, 2.75) is 13.3 Å². The lowest BCUT2D eigenvalue weighted by Gasteiger charge is -2.05. The number of hydrogen-bond donors (Lipinski definition) is 1. The molecule has 0 radical (unpaired) electrons. The molecule has 0 aliphatic carbocycles. The standard InChI is InChI=1S/C10H14N2O2/c1-2-5-12-10(13)8-14-9-4-3-6-11-7-9/h3-4,6-7H,2,5,8H2,1H3,(H,12,13). The molecule has 0 spiro atoms. The maximum Gasteiger partial charge on any atom is 0.257 e. The van der Waals surface area contributed by atoms with Gasteiger partial charge in [0.05, 0.1) is 6.20 Å². The predicted molar refractivity (Wildman–Crippen MR) is 53.0 cm³/mol. The summed E-state index contributed by atoms with van der Waals surface area (Å²) in [5, 5.41) is 2.72. The normalized spacial score (nSPS) is 9.50. The molecule has 0 bridgehead atoms. The summed E-state index contributed by atoms with van der Waals surface area (Å²) >= 11 is 0. The first-order chi connectivity index (χ1) is 6.83. The number of pyridine rings is 1. The van der Waals surface area contributed by atoms with Crippen LogP contribution in [0.5, 0.6) is 5.75 Å². The molecule has 4 heteroatoms. The third kappa shape index (κ3) is 3.89. The second-order valence-corrected chi connectivity index (χ2v) is 2.83. The second-order valence-electron chi connectivity index (χ2n) is 2.83. The zero-order chi connectivity index (χ0) is 10.2. The Kier molecular flexibility index (Phi) is 4.47. The maximum atomic E-state index is 11.1. The van der Waals surface area contributed by atoms with Crippen LogP contribution in [0.2, 0.25) is 0 Å². The van der Waals surface area contributed by atoms with Crippen LogP contribution in [0.1, 0.15) is 13.3 Å². The second kappa shape index (κ2) is 5.96. The summed E-state index contributed by atoms with van der Waals surface area (Å²) in [7, 11) is 0. The van der Waals surface area contributed by atoms with Crippen LogP contribution in [0.4, 0.5) is 0 Å². The van der Waals surface area contributed by atoms with E-state index < -0.39 is 0 Å². The molecule has 0 atom stereocenters. The van der Waals surface area contributed by atoms with E-state index in [1.165, 1.54) is 0 Å². The largest absolute Gasteiger partial charge is 0.482 e. The van der Waals surface area contributed by atoms with Crippen LogP contribution in [-0.4, -0.2) is 24.0 Å². The number of carbonyl (C=O) groups is 1. The molecule has 0 saturated carbocycles. The Balaban J connectivity index is 2.24. The number of nitrogens with one attached hydrogen (secondary N) is 1. The van der Waals surface area contributed by atoms with E-state index in [9.17, 15) is 4.79 Å². The Morgan fingerprint density at radius 1 is 1.64 bits per heavy atom. The smallest absolute Gasteiger partial charge is 0.257 e. The van der Waals surface area contributed by atoms with Gasteiger partial charge in [-0.1, -0.05) is 6.92 Å². The van der Waals surface area contributed by atoms with E-state index in [4.69, 9.17) is 4.74 Å². The van der Waals surface area contributed by atoms with Gasteiger partial charge in [0.25, 0.3) is 5.91 Å². The summed E-state index contributed by atoms with van der Waals surface area (Å²) in [5.74, 6) is 0.509. The van der Waals surface area contributed by atoms with E-state index in [1.807, 2.05) is 6.92 Å². The highest BCUT2D eigenvalue weighted by Gasteiger charge is 2.00. The summed E-state index contributed by atoms with van der Waals surface area (Å²) in [6.45, 7) is 2.74.